The minimum atomic E-state index is -4.05. The van der Waals surface area contributed by atoms with Crippen molar-refractivity contribution in [2.45, 2.75) is 4.90 Å². The van der Waals surface area contributed by atoms with Gasteiger partial charge in [-0.05, 0) is 42.5 Å². The van der Waals surface area contributed by atoms with Crippen molar-refractivity contribution >= 4 is 60.2 Å². The van der Waals surface area contributed by atoms with Crippen LogP contribution in [0.25, 0.3) is 10.9 Å². The number of hydrogen-bond acceptors (Lipinski definition) is 4. The second-order valence-corrected chi connectivity index (χ2v) is 7.84. The van der Waals surface area contributed by atoms with E-state index in [4.69, 9.17) is 27.4 Å². The van der Waals surface area contributed by atoms with Gasteiger partial charge in [0.25, 0.3) is 0 Å². The molecule has 0 aliphatic carbocycles. The first-order chi connectivity index (χ1) is 10.9. The summed E-state index contributed by atoms with van der Waals surface area (Å²) in [6.45, 7) is 0. The van der Waals surface area contributed by atoms with Gasteiger partial charge in [-0.25, -0.2) is 0 Å². The Bertz CT molecular complexity index is 992. The molecule has 0 saturated heterocycles. The van der Waals surface area contributed by atoms with E-state index in [0.29, 0.717) is 10.4 Å². The van der Waals surface area contributed by atoms with E-state index in [1.807, 2.05) is 0 Å². The molecule has 0 N–H and O–H groups in total. The Kier molecular flexibility index (Phi) is 4.51. The molecule has 0 aliphatic rings. The molecule has 4 nitrogen and oxygen atoms in total. The normalized spacial score (nSPS) is 11.6. The summed E-state index contributed by atoms with van der Waals surface area (Å²) in [6, 6.07) is 10.9. The molecule has 3 aromatic rings. The molecule has 8 heteroatoms. The standard InChI is InChI=1S/C15H8BrCl2NO3S/c16-9-3-5-10(6-4-9)23(20,21)22-15-13(18)8-12(17)11-2-1-7-19-14(11)15/h1-8H. The maximum absolute atomic E-state index is 12.4. The van der Waals surface area contributed by atoms with Crippen LogP contribution in [-0.4, -0.2) is 13.4 Å². The number of fused-ring (bicyclic) bond motifs is 1. The van der Waals surface area contributed by atoms with Gasteiger partial charge in [0.2, 0.25) is 0 Å². The van der Waals surface area contributed by atoms with Gasteiger partial charge in [0, 0.05) is 16.1 Å². The van der Waals surface area contributed by atoms with Gasteiger partial charge in [-0.15, -0.1) is 0 Å². The molecule has 0 saturated carbocycles. The summed E-state index contributed by atoms with van der Waals surface area (Å²) in [7, 11) is -4.05. The highest BCUT2D eigenvalue weighted by atomic mass is 79.9. The molecule has 1 aromatic heterocycles. The van der Waals surface area contributed by atoms with E-state index in [0.717, 1.165) is 4.47 Å². The summed E-state index contributed by atoms with van der Waals surface area (Å²) in [5, 5.41) is 0.993. The molecule has 0 bridgehead atoms. The van der Waals surface area contributed by atoms with Crippen molar-refractivity contribution in [2.75, 3.05) is 0 Å². The Morgan fingerprint density at radius 1 is 1.04 bits per heavy atom. The fourth-order valence-corrected chi connectivity index (χ4v) is 3.80. The van der Waals surface area contributed by atoms with Crippen LogP contribution in [0.3, 0.4) is 0 Å². The largest absolute Gasteiger partial charge is 0.375 e. The smallest absolute Gasteiger partial charge is 0.339 e. The second-order valence-electron chi connectivity index (χ2n) is 4.56. The molecule has 0 amide bonds. The van der Waals surface area contributed by atoms with Crippen molar-refractivity contribution in [2.24, 2.45) is 0 Å². The van der Waals surface area contributed by atoms with Gasteiger partial charge in [-0.3, -0.25) is 4.98 Å². The Hall–Kier alpha value is -1.34. The molecule has 118 valence electrons. The molecule has 0 atom stereocenters. The monoisotopic (exact) mass is 431 g/mol. The number of benzene rings is 2. The fourth-order valence-electron chi connectivity index (χ4n) is 1.98. The lowest BCUT2D eigenvalue weighted by atomic mass is 10.2. The third-order valence-electron chi connectivity index (χ3n) is 3.05. The minimum Gasteiger partial charge on any atom is -0.375 e. The zero-order valence-corrected chi connectivity index (χ0v) is 15.2. The van der Waals surface area contributed by atoms with E-state index in [-0.39, 0.29) is 21.2 Å². The highest BCUT2D eigenvalue weighted by Gasteiger charge is 2.21. The van der Waals surface area contributed by atoms with Crippen LogP contribution in [0, 0.1) is 0 Å². The van der Waals surface area contributed by atoms with Gasteiger partial charge in [0.15, 0.2) is 5.75 Å². The quantitative estimate of drug-likeness (QED) is 0.542. The number of pyridine rings is 1. The highest BCUT2D eigenvalue weighted by molar-refractivity contribution is 9.10. The second kappa shape index (κ2) is 6.28. The molecular formula is C15H8BrCl2NO3S. The van der Waals surface area contributed by atoms with Gasteiger partial charge < -0.3 is 4.18 Å². The number of halogens is 3. The average Bonchev–Trinajstić information content (AvgIpc) is 2.52. The lowest BCUT2D eigenvalue weighted by Crippen LogP contribution is -2.10. The summed E-state index contributed by atoms with van der Waals surface area (Å²) in [6.07, 6.45) is 1.51. The van der Waals surface area contributed by atoms with Crippen molar-refractivity contribution in [1.29, 1.82) is 0 Å². The Morgan fingerprint density at radius 3 is 2.43 bits per heavy atom. The van der Waals surface area contributed by atoms with Gasteiger partial charge in [-0.1, -0.05) is 39.1 Å². The van der Waals surface area contributed by atoms with Gasteiger partial charge >= 0.3 is 10.1 Å². The van der Waals surface area contributed by atoms with Crippen LogP contribution >= 0.6 is 39.1 Å². The van der Waals surface area contributed by atoms with Crippen LogP contribution in [0.2, 0.25) is 10.0 Å². The molecule has 0 fully saturated rings. The van der Waals surface area contributed by atoms with E-state index < -0.39 is 10.1 Å². The molecule has 0 unspecified atom stereocenters. The van der Waals surface area contributed by atoms with Crippen LogP contribution in [-0.2, 0) is 10.1 Å². The first kappa shape index (κ1) is 16.5. The van der Waals surface area contributed by atoms with Crippen molar-refractivity contribution in [3.05, 3.63) is 63.2 Å². The maximum Gasteiger partial charge on any atom is 0.339 e. The van der Waals surface area contributed by atoms with Crippen molar-refractivity contribution in [1.82, 2.24) is 4.98 Å². The van der Waals surface area contributed by atoms with Crippen LogP contribution < -0.4 is 4.18 Å². The fraction of sp³-hybridized carbons (Fsp3) is 0. The van der Waals surface area contributed by atoms with Crippen LogP contribution in [0.5, 0.6) is 5.75 Å². The van der Waals surface area contributed by atoms with E-state index in [9.17, 15) is 8.42 Å². The van der Waals surface area contributed by atoms with Crippen LogP contribution in [0.15, 0.2) is 58.0 Å². The summed E-state index contributed by atoms with van der Waals surface area (Å²) < 4.78 is 30.9. The Morgan fingerprint density at radius 2 is 1.74 bits per heavy atom. The van der Waals surface area contributed by atoms with E-state index in [2.05, 4.69) is 20.9 Å². The molecule has 0 radical (unpaired) electrons. The van der Waals surface area contributed by atoms with E-state index in [1.54, 1.807) is 24.3 Å². The first-order valence-electron chi connectivity index (χ1n) is 6.31. The van der Waals surface area contributed by atoms with E-state index in [1.165, 1.54) is 24.4 Å². The molecule has 23 heavy (non-hydrogen) atoms. The lowest BCUT2D eigenvalue weighted by Gasteiger charge is -2.11. The van der Waals surface area contributed by atoms with Crippen LogP contribution in [0.4, 0.5) is 0 Å². The highest BCUT2D eigenvalue weighted by Crippen LogP contribution is 2.38. The first-order valence-corrected chi connectivity index (χ1v) is 9.27. The summed E-state index contributed by atoms with van der Waals surface area (Å²) in [4.78, 5) is 4.14. The number of nitrogens with zero attached hydrogens (tertiary/aromatic N) is 1. The van der Waals surface area contributed by atoms with E-state index >= 15 is 0 Å². The minimum absolute atomic E-state index is 0.01000. The zero-order valence-electron chi connectivity index (χ0n) is 11.3. The Balaban J connectivity index is 2.13. The van der Waals surface area contributed by atoms with Crippen molar-refractivity contribution < 1.29 is 12.6 Å². The summed E-state index contributed by atoms with van der Waals surface area (Å²) >= 11 is 15.5. The molecule has 0 aliphatic heterocycles. The lowest BCUT2D eigenvalue weighted by molar-refractivity contribution is 0.488. The molecule has 2 aromatic carbocycles. The topological polar surface area (TPSA) is 56.3 Å². The summed E-state index contributed by atoms with van der Waals surface area (Å²) in [5.41, 5.74) is 0.283. The predicted octanol–water partition coefficient (Wildman–Crippen LogP) is 5.07. The third-order valence-corrected chi connectivity index (χ3v) is 5.40. The van der Waals surface area contributed by atoms with Crippen molar-refractivity contribution in [3.8, 4) is 5.75 Å². The van der Waals surface area contributed by atoms with Gasteiger partial charge in [-0.2, -0.15) is 8.42 Å². The third kappa shape index (κ3) is 3.30. The molecule has 3 rings (SSSR count). The number of aromatic nitrogens is 1. The average molecular weight is 433 g/mol. The molecule has 0 spiro atoms. The predicted molar refractivity (Wildman–Crippen MR) is 93.7 cm³/mol. The number of rotatable bonds is 3. The van der Waals surface area contributed by atoms with Crippen LogP contribution in [0.1, 0.15) is 0 Å². The summed E-state index contributed by atoms with van der Waals surface area (Å²) in [5.74, 6) is -0.0467. The van der Waals surface area contributed by atoms with Gasteiger partial charge in [0.1, 0.15) is 10.4 Å². The molecular weight excluding hydrogens is 425 g/mol. The zero-order chi connectivity index (χ0) is 16.6. The van der Waals surface area contributed by atoms with Crippen molar-refractivity contribution in [3.63, 3.8) is 0 Å². The molecule has 1 heterocycles. The van der Waals surface area contributed by atoms with Gasteiger partial charge in [0.05, 0.1) is 10.0 Å². The SMILES string of the molecule is O=S(=O)(Oc1c(Cl)cc(Cl)c2cccnc12)c1ccc(Br)cc1. The number of hydrogen-bond donors (Lipinski definition) is 0. The Labute approximate surface area is 151 Å². The maximum atomic E-state index is 12.4.